The van der Waals surface area contributed by atoms with E-state index >= 15 is 0 Å². The summed E-state index contributed by atoms with van der Waals surface area (Å²) < 4.78 is 34.0. The first-order chi connectivity index (χ1) is 18.9. The number of aliphatic imine (C=N–C) groups is 1. The Labute approximate surface area is 225 Å². The standard InChI is InChI=1S/C28H29F2N7O2/c29-21-11-19(12-22(30)13-21)16-39-27(38)35-9-3-23(4-10-35)36-17-28(18-36,5-6-31)37-15-20(14-34-37)24-1-7-32-26-25(24)2-8-33-26/h1-2,7-8,11-15,23-25H,3-5,9-10,16-18H2,(H,32,33). The molecule has 202 valence electrons. The molecule has 1 aromatic heterocycles. The minimum absolute atomic E-state index is 0.150. The lowest BCUT2D eigenvalue weighted by Gasteiger charge is -2.53. The van der Waals surface area contributed by atoms with Crippen LogP contribution in [0.4, 0.5) is 13.6 Å². The van der Waals surface area contributed by atoms with Gasteiger partial charge in [-0.25, -0.2) is 18.6 Å². The van der Waals surface area contributed by atoms with Crippen LogP contribution in [0.3, 0.4) is 0 Å². The normalized spacial score (nSPS) is 23.9. The van der Waals surface area contributed by atoms with E-state index in [1.807, 2.05) is 23.3 Å². The molecule has 4 aliphatic heterocycles. The number of nitriles is 1. The number of hydrogen-bond acceptors (Lipinski definition) is 7. The van der Waals surface area contributed by atoms with Crippen molar-refractivity contribution in [3.8, 4) is 6.07 Å². The zero-order valence-electron chi connectivity index (χ0n) is 21.3. The van der Waals surface area contributed by atoms with E-state index in [4.69, 9.17) is 9.84 Å². The number of rotatable bonds is 6. The summed E-state index contributed by atoms with van der Waals surface area (Å²) >= 11 is 0. The second-order valence-corrected chi connectivity index (χ2v) is 10.6. The van der Waals surface area contributed by atoms with Gasteiger partial charge in [-0.3, -0.25) is 9.58 Å². The summed E-state index contributed by atoms with van der Waals surface area (Å²) in [6.45, 7) is 2.34. The Balaban J connectivity index is 1.03. The topological polar surface area (TPSA) is 98.8 Å². The Hall–Kier alpha value is -4.04. The molecule has 2 atom stereocenters. The Morgan fingerprint density at radius 2 is 1.92 bits per heavy atom. The third-order valence-corrected chi connectivity index (χ3v) is 8.14. The van der Waals surface area contributed by atoms with Gasteiger partial charge in [-0.05, 0) is 42.3 Å². The van der Waals surface area contributed by atoms with Gasteiger partial charge < -0.3 is 15.0 Å². The van der Waals surface area contributed by atoms with Gasteiger partial charge in [0.2, 0.25) is 0 Å². The van der Waals surface area contributed by atoms with E-state index < -0.39 is 17.7 Å². The molecule has 0 saturated carbocycles. The number of amides is 1. The number of piperidine rings is 1. The number of ether oxygens (including phenoxy) is 1. The van der Waals surface area contributed by atoms with Crippen molar-refractivity contribution in [3.63, 3.8) is 0 Å². The molecule has 1 aromatic carbocycles. The van der Waals surface area contributed by atoms with E-state index in [9.17, 15) is 18.8 Å². The van der Waals surface area contributed by atoms with Gasteiger partial charge in [-0.15, -0.1) is 0 Å². The van der Waals surface area contributed by atoms with Gasteiger partial charge in [0.05, 0.1) is 18.7 Å². The predicted octanol–water partition coefficient (Wildman–Crippen LogP) is 3.63. The van der Waals surface area contributed by atoms with Crippen molar-refractivity contribution >= 4 is 11.9 Å². The molecule has 2 aromatic rings. The monoisotopic (exact) mass is 533 g/mol. The van der Waals surface area contributed by atoms with Gasteiger partial charge in [-0.1, -0.05) is 12.2 Å². The van der Waals surface area contributed by atoms with E-state index in [1.54, 1.807) is 4.90 Å². The van der Waals surface area contributed by atoms with Crippen LogP contribution in [0.25, 0.3) is 0 Å². The highest BCUT2D eigenvalue weighted by Gasteiger charge is 2.48. The first-order valence-electron chi connectivity index (χ1n) is 13.1. The van der Waals surface area contributed by atoms with Crippen LogP contribution in [-0.2, 0) is 16.9 Å². The Morgan fingerprint density at radius 1 is 1.15 bits per heavy atom. The number of nitrogens with one attached hydrogen (secondary N) is 1. The maximum Gasteiger partial charge on any atom is 0.410 e. The number of amidine groups is 1. The number of aromatic nitrogens is 2. The van der Waals surface area contributed by atoms with Crippen LogP contribution in [0.15, 0.2) is 60.1 Å². The van der Waals surface area contributed by atoms with Gasteiger partial charge in [-0.2, -0.15) is 10.4 Å². The average Bonchev–Trinajstić information content (AvgIpc) is 3.59. The molecule has 2 saturated heterocycles. The van der Waals surface area contributed by atoms with Gasteiger partial charge in [0.25, 0.3) is 0 Å². The van der Waals surface area contributed by atoms with Crippen LogP contribution in [0.5, 0.6) is 0 Å². The van der Waals surface area contributed by atoms with E-state index in [-0.39, 0.29) is 29.5 Å². The van der Waals surface area contributed by atoms with Crippen molar-refractivity contribution in [1.82, 2.24) is 24.9 Å². The second kappa shape index (κ2) is 10.3. The lowest BCUT2D eigenvalue weighted by molar-refractivity contribution is -0.0426. The van der Waals surface area contributed by atoms with Crippen molar-refractivity contribution in [3.05, 3.63) is 77.9 Å². The molecule has 2 fully saturated rings. The van der Waals surface area contributed by atoms with E-state index in [0.29, 0.717) is 25.6 Å². The van der Waals surface area contributed by atoms with Gasteiger partial charge in [0, 0.05) is 62.5 Å². The quantitative estimate of drug-likeness (QED) is 0.609. The smallest absolute Gasteiger partial charge is 0.410 e. The van der Waals surface area contributed by atoms with Crippen molar-refractivity contribution in [2.75, 3.05) is 26.2 Å². The van der Waals surface area contributed by atoms with E-state index in [2.05, 4.69) is 39.6 Å². The lowest BCUT2D eigenvalue weighted by Crippen LogP contribution is -2.66. The second-order valence-electron chi connectivity index (χ2n) is 10.6. The first-order valence-corrected chi connectivity index (χ1v) is 13.1. The number of carbonyl (C=O) groups excluding carboxylic acids is 1. The zero-order valence-corrected chi connectivity index (χ0v) is 21.3. The van der Waals surface area contributed by atoms with Crippen LogP contribution >= 0.6 is 0 Å². The molecule has 1 amide bonds. The predicted molar refractivity (Wildman–Crippen MR) is 138 cm³/mol. The fourth-order valence-electron chi connectivity index (χ4n) is 6.06. The first kappa shape index (κ1) is 25.2. The van der Waals surface area contributed by atoms with Gasteiger partial charge >= 0.3 is 6.09 Å². The Morgan fingerprint density at radius 3 is 2.67 bits per heavy atom. The van der Waals surface area contributed by atoms with Crippen molar-refractivity contribution in [2.45, 2.75) is 43.4 Å². The van der Waals surface area contributed by atoms with Crippen LogP contribution in [0, 0.1) is 28.9 Å². The minimum Gasteiger partial charge on any atom is -0.445 e. The molecule has 1 N–H and O–H groups in total. The highest BCUT2D eigenvalue weighted by molar-refractivity contribution is 5.91. The molecule has 4 aliphatic rings. The van der Waals surface area contributed by atoms with Crippen molar-refractivity contribution < 1.29 is 18.3 Å². The van der Waals surface area contributed by atoms with Gasteiger partial charge in [0.15, 0.2) is 0 Å². The molecule has 0 aliphatic carbocycles. The number of likely N-dealkylation sites (tertiary alicyclic amines) is 2. The maximum absolute atomic E-state index is 13.4. The van der Waals surface area contributed by atoms with Crippen molar-refractivity contribution in [2.24, 2.45) is 10.9 Å². The van der Waals surface area contributed by atoms with Crippen LogP contribution in [0.1, 0.15) is 36.3 Å². The van der Waals surface area contributed by atoms with Crippen LogP contribution in [-0.4, -0.2) is 63.7 Å². The molecule has 5 heterocycles. The number of benzene rings is 1. The summed E-state index contributed by atoms with van der Waals surface area (Å²) in [5.41, 5.74) is 1.000. The number of fused-ring (bicyclic) bond motifs is 1. The number of carbonyl (C=O) groups is 1. The largest absolute Gasteiger partial charge is 0.445 e. The summed E-state index contributed by atoms with van der Waals surface area (Å²) in [7, 11) is 0. The summed E-state index contributed by atoms with van der Waals surface area (Å²) in [4.78, 5) is 20.9. The van der Waals surface area contributed by atoms with E-state index in [1.165, 1.54) is 0 Å². The van der Waals surface area contributed by atoms with E-state index in [0.717, 1.165) is 55.5 Å². The molecule has 39 heavy (non-hydrogen) atoms. The molecular formula is C28H29F2N7O2. The zero-order chi connectivity index (χ0) is 27.0. The minimum atomic E-state index is -0.701. The third kappa shape index (κ3) is 4.92. The number of hydrogen-bond donors (Lipinski definition) is 1. The molecule has 0 bridgehead atoms. The summed E-state index contributed by atoms with van der Waals surface area (Å²) in [6, 6.07) is 5.75. The molecule has 6 rings (SSSR count). The van der Waals surface area contributed by atoms with Crippen molar-refractivity contribution in [1.29, 1.82) is 5.26 Å². The molecule has 0 radical (unpaired) electrons. The fourth-order valence-corrected chi connectivity index (χ4v) is 6.06. The third-order valence-electron chi connectivity index (χ3n) is 8.14. The summed E-state index contributed by atoms with van der Waals surface area (Å²) in [6.07, 6.45) is 13.4. The average molecular weight is 534 g/mol. The summed E-state index contributed by atoms with van der Waals surface area (Å²) in [5, 5.41) is 17.5. The highest BCUT2D eigenvalue weighted by atomic mass is 19.1. The molecule has 9 nitrogen and oxygen atoms in total. The number of allylic oxidation sites excluding steroid dienone is 1. The molecule has 0 spiro atoms. The SMILES string of the molecule is N#CCC1(n2cc(C3C=CN=C4NC=CC43)cn2)CN(C2CCN(C(=O)OCc3cc(F)cc(F)c3)CC2)C1. The van der Waals surface area contributed by atoms with Gasteiger partial charge in [0.1, 0.15) is 29.6 Å². The Bertz CT molecular complexity index is 1360. The number of nitrogens with zero attached hydrogens (tertiary/aromatic N) is 6. The molecule has 2 unspecified atom stereocenters. The lowest BCUT2D eigenvalue weighted by atomic mass is 9.83. The van der Waals surface area contributed by atoms with Crippen LogP contribution < -0.4 is 5.32 Å². The van der Waals surface area contributed by atoms with Crippen LogP contribution in [0.2, 0.25) is 0 Å². The highest BCUT2D eigenvalue weighted by Crippen LogP contribution is 2.38. The molecular weight excluding hydrogens is 504 g/mol. The maximum atomic E-state index is 13.4. The number of halogens is 2. The summed E-state index contributed by atoms with van der Waals surface area (Å²) in [5.74, 6) is -0.142. The molecule has 11 heteroatoms. The fraction of sp³-hybridized carbons (Fsp3) is 0.429. The Kier molecular flexibility index (Phi) is 6.64.